The number of aryl methyl sites for hydroxylation is 1. The first kappa shape index (κ1) is 13.6. The predicted octanol–water partition coefficient (Wildman–Crippen LogP) is 1.76. The third-order valence-electron chi connectivity index (χ3n) is 3.85. The second-order valence-corrected chi connectivity index (χ2v) is 5.24. The van der Waals surface area contributed by atoms with Crippen molar-refractivity contribution in [1.82, 2.24) is 10.3 Å². The molecule has 0 aliphatic heterocycles. The van der Waals surface area contributed by atoms with Crippen LogP contribution in [0.5, 0.6) is 5.75 Å². The number of hydrogen-bond acceptors (Lipinski definition) is 3. The lowest BCUT2D eigenvalue weighted by Crippen LogP contribution is -2.39. The third kappa shape index (κ3) is 2.80. The van der Waals surface area contributed by atoms with Crippen molar-refractivity contribution in [3.8, 4) is 5.75 Å². The summed E-state index contributed by atoms with van der Waals surface area (Å²) in [5.41, 5.74) is 0.410. The molecule has 1 fully saturated rings. The Morgan fingerprint density at radius 1 is 1.26 bits per heavy atom. The maximum absolute atomic E-state index is 12.1. The van der Waals surface area contributed by atoms with E-state index in [1.807, 2.05) is 0 Å². The molecule has 0 radical (unpaired) electrons. The highest BCUT2D eigenvalue weighted by Gasteiger charge is 2.22. The Morgan fingerprint density at radius 2 is 1.89 bits per heavy atom. The highest BCUT2D eigenvalue weighted by molar-refractivity contribution is 5.97. The Morgan fingerprint density at radius 3 is 2.53 bits per heavy atom. The summed E-state index contributed by atoms with van der Waals surface area (Å²) in [7, 11) is 0. The lowest BCUT2D eigenvalue weighted by Gasteiger charge is -2.22. The lowest BCUT2D eigenvalue weighted by molar-refractivity contribution is 0.0923. The molecular weight excluding hydrogens is 244 g/mol. The third-order valence-corrected chi connectivity index (χ3v) is 3.85. The van der Waals surface area contributed by atoms with Gasteiger partial charge in [0.15, 0.2) is 0 Å². The minimum atomic E-state index is -0.533. The van der Waals surface area contributed by atoms with Gasteiger partial charge in [0.1, 0.15) is 11.3 Å². The van der Waals surface area contributed by atoms with Crippen molar-refractivity contribution < 1.29 is 9.90 Å². The molecule has 0 spiro atoms. The quantitative estimate of drug-likeness (QED) is 0.761. The molecule has 0 saturated heterocycles. The molecule has 19 heavy (non-hydrogen) atoms. The molecule has 0 unspecified atom stereocenters. The smallest absolute Gasteiger partial charge is 0.264 e. The van der Waals surface area contributed by atoms with Gasteiger partial charge in [0.2, 0.25) is 0 Å². The predicted molar refractivity (Wildman–Crippen MR) is 72.5 cm³/mol. The van der Waals surface area contributed by atoms with E-state index in [-0.39, 0.29) is 17.4 Å². The van der Waals surface area contributed by atoms with Crippen LogP contribution < -0.4 is 10.9 Å². The standard InChI is InChI=1S/C14H20N2O3/c1-8-9(2)15-13(18)11(12(8)17)14(19)16-10-6-4-3-5-7-10/h10H,3-7H2,1-2H3,(H,16,19)(H2,15,17,18). The van der Waals surface area contributed by atoms with Crippen LogP contribution in [0.15, 0.2) is 4.79 Å². The van der Waals surface area contributed by atoms with E-state index in [4.69, 9.17) is 0 Å². The van der Waals surface area contributed by atoms with Crippen molar-refractivity contribution in [3.63, 3.8) is 0 Å². The van der Waals surface area contributed by atoms with Gasteiger partial charge in [-0.05, 0) is 26.7 Å². The van der Waals surface area contributed by atoms with Crippen LogP contribution in [0.3, 0.4) is 0 Å². The summed E-state index contributed by atoms with van der Waals surface area (Å²) in [5.74, 6) is -0.691. The number of H-pyrrole nitrogens is 1. The fourth-order valence-corrected chi connectivity index (χ4v) is 2.51. The molecule has 0 aromatic carbocycles. The van der Waals surface area contributed by atoms with Gasteiger partial charge in [-0.2, -0.15) is 0 Å². The number of rotatable bonds is 2. The zero-order valence-corrected chi connectivity index (χ0v) is 11.4. The summed E-state index contributed by atoms with van der Waals surface area (Å²) >= 11 is 0. The molecule has 1 aliphatic rings. The lowest BCUT2D eigenvalue weighted by atomic mass is 9.95. The maximum Gasteiger partial charge on any atom is 0.264 e. The van der Waals surface area contributed by atoms with Crippen LogP contribution >= 0.6 is 0 Å². The van der Waals surface area contributed by atoms with Gasteiger partial charge < -0.3 is 15.4 Å². The van der Waals surface area contributed by atoms with E-state index < -0.39 is 11.5 Å². The highest BCUT2D eigenvalue weighted by Crippen LogP contribution is 2.22. The van der Waals surface area contributed by atoms with Gasteiger partial charge in [-0.15, -0.1) is 0 Å². The second-order valence-electron chi connectivity index (χ2n) is 5.24. The Balaban J connectivity index is 2.24. The summed E-state index contributed by atoms with van der Waals surface area (Å²) in [6, 6.07) is 0.113. The van der Waals surface area contributed by atoms with Crippen molar-refractivity contribution in [2.45, 2.75) is 52.0 Å². The summed E-state index contributed by atoms with van der Waals surface area (Å²) in [6.07, 6.45) is 5.27. The first-order valence-electron chi connectivity index (χ1n) is 6.74. The van der Waals surface area contributed by atoms with Crippen molar-refractivity contribution >= 4 is 5.91 Å². The Labute approximate surface area is 112 Å². The zero-order chi connectivity index (χ0) is 14.0. The fraction of sp³-hybridized carbons (Fsp3) is 0.571. The van der Waals surface area contributed by atoms with Crippen molar-refractivity contribution in [1.29, 1.82) is 0 Å². The number of aromatic nitrogens is 1. The zero-order valence-electron chi connectivity index (χ0n) is 11.4. The molecule has 1 saturated carbocycles. The van der Waals surface area contributed by atoms with E-state index in [0.29, 0.717) is 11.3 Å². The molecule has 104 valence electrons. The van der Waals surface area contributed by atoms with Crippen LogP contribution in [0.2, 0.25) is 0 Å². The van der Waals surface area contributed by atoms with Gasteiger partial charge in [0, 0.05) is 17.3 Å². The van der Waals surface area contributed by atoms with Crippen LogP contribution in [0, 0.1) is 13.8 Å². The second kappa shape index (κ2) is 5.47. The average molecular weight is 264 g/mol. The molecule has 1 aliphatic carbocycles. The summed E-state index contributed by atoms with van der Waals surface area (Å²) < 4.78 is 0. The fourth-order valence-electron chi connectivity index (χ4n) is 2.51. The number of amides is 1. The molecule has 0 atom stereocenters. The first-order chi connectivity index (χ1) is 9.00. The summed E-state index contributed by atoms with van der Waals surface area (Å²) in [5, 5.41) is 12.8. The van der Waals surface area contributed by atoms with E-state index in [1.165, 1.54) is 6.42 Å². The average Bonchev–Trinajstić information content (AvgIpc) is 2.37. The molecule has 5 heteroatoms. The highest BCUT2D eigenvalue weighted by atomic mass is 16.3. The molecule has 3 N–H and O–H groups in total. The van der Waals surface area contributed by atoms with Crippen LogP contribution in [0.1, 0.15) is 53.7 Å². The number of aromatic hydroxyl groups is 1. The van der Waals surface area contributed by atoms with Gasteiger partial charge in [-0.3, -0.25) is 9.59 Å². The van der Waals surface area contributed by atoms with Crippen LogP contribution in [-0.4, -0.2) is 22.0 Å². The van der Waals surface area contributed by atoms with Gasteiger partial charge in [0.25, 0.3) is 11.5 Å². The van der Waals surface area contributed by atoms with E-state index in [1.54, 1.807) is 13.8 Å². The first-order valence-corrected chi connectivity index (χ1v) is 6.74. The minimum absolute atomic E-state index is 0.113. The van der Waals surface area contributed by atoms with Crippen LogP contribution in [0.25, 0.3) is 0 Å². The van der Waals surface area contributed by atoms with Gasteiger partial charge in [-0.25, -0.2) is 0 Å². The number of carbonyl (C=O) groups is 1. The van der Waals surface area contributed by atoms with Gasteiger partial charge in [-0.1, -0.05) is 19.3 Å². The molecule has 1 amide bonds. The number of aromatic amines is 1. The van der Waals surface area contributed by atoms with Gasteiger partial charge >= 0.3 is 0 Å². The summed E-state index contributed by atoms with van der Waals surface area (Å²) in [4.78, 5) is 26.5. The van der Waals surface area contributed by atoms with Crippen LogP contribution in [0.4, 0.5) is 0 Å². The number of pyridine rings is 1. The monoisotopic (exact) mass is 264 g/mol. The molecule has 1 aromatic rings. The molecule has 2 rings (SSSR count). The van der Waals surface area contributed by atoms with Gasteiger partial charge in [0.05, 0.1) is 0 Å². The Kier molecular flexibility index (Phi) is 3.93. The van der Waals surface area contributed by atoms with E-state index in [2.05, 4.69) is 10.3 Å². The van der Waals surface area contributed by atoms with E-state index in [0.717, 1.165) is 25.7 Å². The Hall–Kier alpha value is -1.78. The topological polar surface area (TPSA) is 82.2 Å². The van der Waals surface area contributed by atoms with Crippen molar-refractivity contribution in [3.05, 3.63) is 27.2 Å². The number of hydrogen-bond donors (Lipinski definition) is 3. The van der Waals surface area contributed by atoms with Crippen molar-refractivity contribution in [2.75, 3.05) is 0 Å². The van der Waals surface area contributed by atoms with Crippen molar-refractivity contribution in [2.24, 2.45) is 0 Å². The van der Waals surface area contributed by atoms with E-state index in [9.17, 15) is 14.7 Å². The molecule has 5 nitrogen and oxygen atoms in total. The molecular formula is C14H20N2O3. The Bertz CT molecular complexity index is 542. The largest absolute Gasteiger partial charge is 0.507 e. The van der Waals surface area contributed by atoms with Crippen LogP contribution in [-0.2, 0) is 0 Å². The number of nitrogens with one attached hydrogen (secondary N) is 2. The maximum atomic E-state index is 12.1. The van der Waals surface area contributed by atoms with E-state index >= 15 is 0 Å². The molecule has 1 heterocycles. The summed E-state index contributed by atoms with van der Waals surface area (Å²) in [6.45, 7) is 3.37. The SMILES string of the molecule is Cc1[nH]c(=O)c(C(=O)NC2CCCCC2)c(O)c1C. The number of carbonyl (C=O) groups excluding carboxylic acids is 1. The normalized spacial score (nSPS) is 16.3. The molecule has 1 aromatic heterocycles. The minimum Gasteiger partial charge on any atom is -0.507 e. The molecule has 0 bridgehead atoms.